The van der Waals surface area contributed by atoms with Gasteiger partial charge in [0.1, 0.15) is 11.5 Å². The standard InChI is InChI=1S/C29H27NO4S/c1-21-12-14-23(15-13-21)26(22-8-4-3-5-9-22)20-29(24-16-18-25(33-2)19-17-24)27-10-6-7-11-28(27)34-35(31,32)30-29/h3-19,26,30H,20H2,1-2H3/t26-,29-/m1/s1. The van der Waals surface area contributed by atoms with E-state index in [4.69, 9.17) is 8.92 Å². The second-order valence-corrected chi connectivity index (χ2v) is 10.1. The molecule has 0 spiro atoms. The highest BCUT2D eigenvalue weighted by Gasteiger charge is 2.47. The SMILES string of the molecule is COc1ccc([C@@]2(C[C@H](c3ccccc3)c3ccc(C)cc3)NS(=O)(=O)Oc3ccccc32)cc1. The van der Waals surface area contributed by atoms with E-state index in [2.05, 4.69) is 48.0 Å². The van der Waals surface area contributed by atoms with E-state index >= 15 is 0 Å². The predicted molar refractivity (Wildman–Crippen MR) is 137 cm³/mol. The highest BCUT2D eigenvalue weighted by atomic mass is 32.2. The maximum absolute atomic E-state index is 13.1. The summed E-state index contributed by atoms with van der Waals surface area (Å²) in [5, 5.41) is 0. The summed E-state index contributed by atoms with van der Waals surface area (Å²) in [5.74, 6) is 0.941. The average molecular weight is 486 g/mol. The van der Waals surface area contributed by atoms with E-state index in [9.17, 15) is 8.42 Å². The molecule has 5 nitrogen and oxygen atoms in total. The molecule has 1 aliphatic rings. The van der Waals surface area contributed by atoms with Crippen LogP contribution in [0.3, 0.4) is 0 Å². The first kappa shape index (κ1) is 23.1. The van der Waals surface area contributed by atoms with Crippen LogP contribution in [0.4, 0.5) is 0 Å². The lowest BCUT2D eigenvalue weighted by atomic mass is 9.73. The van der Waals surface area contributed by atoms with E-state index in [1.807, 2.05) is 54.6 Å². The number of hydrogen-bond acceptors (Lipinski definition) is 4. The molecule has 178 valence electrons. The maximum atomic E-state index is 13.1. The van der Waals surface area contributed by atoms with Gasteiger partial charge in [0.15, 0.2) is 0 Å². The predicted octanol–water partition coefficient (Wildman–Crippen LogP) is 5.70. The molecule has 4 aromatic carbocycles. The third-order valence-corrected chi connectivity index (χ3v) is 7.62. The molecular formula is C29H27NO4S. The molecule has 0 amide bonds. The van der Waals surface area contributed by atoms with Gasteiger partial charge in [0.2, 0.25) is 0 Å². The number of fused-ring (bicyclic) bond motifs is 1. The van der Waals surface area contributed by atoms with Gasteiger partial charge in [0.25, 0.3) is 0 Å². The summed E-state index contributed by atoms with van der Waals surface area (Å²) in [6.45, 7) is 2.06. The minimum atomic E-state index is -4.07. The Hall–Kier alpha value is -3.61. The number of benzene rings is 4. The highest BCUT2D eigenvalue weighted by molar-refractivity contribution is 7.85. The lowest BCUT2D eigenvalue weighted by Crippen LogP contribution is -2.52. The van der Waals surface area contributed by atoms with Gasteiger partial charge in [0.05, 0.1) is 12.6 Å². The van der Waals surface area contributed by atoms with Gasteiger partial charge >= 0.3 is 10.3 Å². The second kappa shape index (κ2) is 9.21. The number of rotatable bonds is 6. The molecule has 2 atom stereocenters. The summed E-state index contributed by atoms with van der Waals surface area (Å²) in [5.41, 5.74) is 3.90. The monoisotopic (exact) mass is 485 g/mol. The van der Waals surface area contributed by atoms with Crippen LogP contribution >= 0.6 is 0 Å². The van der Waals surface area contributed by atoms with Crippen LogP contribution in [0.15, 0.2) is 103 Å². The zero-order valence-electron chi connectivity index (χ0n) is 19.6. The minimum absolute atomic E-state index is 0.0900. The third-order valence-electron chi connectivity index (χ3n) is 6.62. The molecule has 0 unspecified atom stereocenters. The molecule has 0 aliphatic carbocycles. The first-order valence-electron chi connectivity index (χ1n) is 11.5. The Labute approximate surface area is 206 Å². The largest absolute Gasteiger partial charge is 0.497 e. The van der Waals surface area contributed by atoms with E-state index in [0.29, 0.717) is 17.9 Å². The Morgan fingerprint density at radius 1 is 0.829 bits per heavy atom. The molecule has 0 saturated carbocycles. The summed E-state index contributed by atoms with van der Waals surface area (Å²) in [6, 6.07) is 33.5. The van der Waals surface area contributed by atoms with Crippen molar-refractivity contribution in [1.29, 1.82) is 0 Å². The van der Waals surface area contributed by atoms with E-state index < -0.39 is 15.8 Å². The quantitative estimate of drug-likeness (QED) is 0.381. The topological polar surface area (TPSA) is 64.6 Å². The Bertz CT molecular complexity index is 1420. The lowest BCUT2D eigenvalue weighted by molar-refractivity contribution is 0.349. The van der Waals surface area contributed by atoms with Crippen molar-refractivity contribution < 1.29 is 17.3 Å². The first-order chi connectivity index (χ1) is 16.9. The van der Waals surface area contributed by atoms with Gasteiger partial charge < -0.3 is 8.92 Å². The average Bonchev–Trinajstić information content (AvgIpc) is 2.88. The van der Waals surface area contributed by atoms with Crippen molar-refractivity contribution in [3.05, 3.63) is 131 Å². The molecule has 0 fully saturated rings. The fraction of sp³-hybridized carbons (Fsp3) is 0.172. The Kier molecular flexibility index (Phi) is 6.09. The Morgan fingerprint density at radius 3 is 2.14 bits per heavy atom. The molecule has 1 aliphatic heterocycles. The van der Waals surface area contributed by atoms with Crippen LogP contribution in [0, 0.1) is 6.92 Å². The van der Waals surface area contributed by atoms with Gasteiger partial charge in [-0.1, -0.05) is 90.5 Å². The van der Waals surface area contributed by atoms with E-state index in [0.717, 1.165) is 22.3 Å². The van der Waals surface area contributed by atoms with Gasteiger partial charge in [-0.05, 0) is 48.2 Å². The zero-order valence-corrected chi connectivity index (χ0v) is 20.5. The van der Waals surface area contributed by atoms with Crippen LogP contribution in [0.25, 0.3) is 0 Å². The molecule has 0 aromatic heterocycles. The summed E-state index contributed by atoms with van der Waals surface area (Å²) in [6.07, 6.45) is 0.450. The molecule has 35 heavy (non-hydrogen) atoms. The van der Waals surface area contributed by atoms with Crippen LogP contribution in [-0.4, -0.2) is 15.5 Å². The van der Waals surface area contributed by atoms with Crippen LogP contribution in [-0.2, 0) is 15.8 Å². The number of nitrogens with one attached hydrogen (secondary N) is 1. The zero-order chi connectivity index (χ0) is 24.5. The van der Waals surface area contributed by atoms with Crippen molar-refractivity contribution in [2.24, 2.45) is 0 Å². The molecule has 5 rings (SSSR count). The first-order valence-corrected chi connectivity index (χ1v) is 12.9. The number of ether oxygens (including phenoxy) is 1. The third kappa shape index (κ3) is 4.55. The molecule has 1 N–H and O–H groups in total. The molecule has 1 heterocycles. The fourth-order valence-electron chi connectivity index (χ4n) is 4.88. The summed E-state index contributed by atoms with van der Waals surface area (Å²) < 4.78 is 39.8. The van der Waals surface area contributed by atoms with Crippen molar-refractivity contribution in [1.82, 2.24) is 4.72 Å². The number of aryl methyl sites for hydroxylation is 1. The lowest BCUT2D eigenvalue weighted by Gasteiger charge is -2.41. The van der Waals surface area contributed by atoms with E-state index in [1.54, 1.807) is 19.2 Å². The summed E-state index contributed by atoms with van der Waals surface area (Å²) in [4.78, 5) is 0. The van der Waals surface area contributed by atoms with Crippen molar-refractivity contribution in [2.45, 2.75) is 24.8 Å². The van der Waals surface area contributed by atoms with E-state index in [1.165, 1.54) is 5.56 Å². The maximum Gasteiger partial charge on any atom is 0.383 e. The minimum Gasteiger partial charge on any atom is -0.497 e. The summed E-state index contributed by atoms with van der Waals surface area (Å²) >= 11 is 0. The Morgan fingerprint density at radius 2 is 1.46 bits per heavy atom. The molecule has 0 radical (unpaired) electrons. The van der Waals surface area contributed by atoms with Gasteiger partial charge in [-0.25, -0.2) is 0 Å². The number of hydrogen-bond donors (Lipinski definition) is 1. The number of para-hydroxylation sites is 1. The number of methoxy groups -OCH3 is 1. The second-order valence-electron chi connectivity index (χ2n) is 8.85. The molecule has 6 heteroatoms. The van der Waals surface area contributed by atoms with Gasteiger partial charge in [-0.2, -0.15) is 13.1 Å². The van der Waals surface area contributed by atoms with Crippen molar-refractivity contribution in [3.8, 4) is 11.5 Å². The van der Waals surface area contributed by atoms with Gasteiger partial charge in [0, 0.05) is 11.5 Å². The van der Waals surface area contributed by atoms with Crippen LogP contribution in [0.5, 0.6) is 11.5 Å². The Balaban J connectivity index is 1.75. The molecule has 0 bridgehead atoms. The van der Waals surface area contributed by atoms with Crippen LogP contribution in [0.1, 0.15) is 40.2 Å². The summed E-state index contributed by atoms with van der Waals surface area (Å²) in [7, 11) is -2.45. The highest BCUT2D eigenvalue weighted by Crippen LogP contribution is 2.47. The van der Waals surface area contributed by atoms with Crippen LogP contribution in [0.2, 0.25) is 0 Å². The smallest absolute Gasteiger partial charge is 0.383 e. The van der Waals surface area contributed by atoms with Gasteiger partial charge in [-0.3, -0.25) is 0 Å². The van der Waals surface area contributed by atoms with Crippen molar-refractivity contribution >= 4 is 10.3 Å². The normalized spacial score (nSPS) is 19.3. The molecular weight excluding hydrogens is 458 g/mol. The molecule has 0 saturated heterocycles. The van der Waals surface area contributed by atoms with Crippen LogP contribution < -0.4 is 13.6 Å². The van der Waals surface area contributed by atoms with Gasteiger partial charge in [-0.15, -0.1) is 0 Å². The fourth-order valence-corrected chi connectivity index (χ4v) is 6.04. The van der Waals surface area contributed by atoms with Crippen molar-refractivity contribution in [3.63, 3.8) is 0 Å². The van der Waals surface area contributed by atoms with E-state index in [-0.39, 0.29) is 5.92 Å². The molecule has 4 aromatic rings. The van der Waals surface area contributed by atoms with Crippen molar-refractivity contribution in [2.75, 3.05) is 7.11 Å².